The van der Waals surface area contributed by atoms with Crippen LogP contribution in [-0.2, 0) is 6.42 Å². The van der Waals surface area contributed by atoms with Crippen molar-refractivity contribution in [1.82, 2.24) is 5.32 Å². The van der Waals surface area contributed by atoms with E-state index in [4.69, 9.17) is 5.26 Å². The predicted molar refractivity (Wildman–Crippen MR) is 92.4 cm³/mol. The van der Waals surface area contributed by atoms with Crippen LogP contribution in [0.25, 0.3) is 0 Å². The average molecular weight is 312 g/mol. The van der Waals surface area contributed by atoms with Crippen molar-refractivity contribution < 1.29 is 4.79 Å². The summed E-state index contributed by atoms with van der Waals surface area (Å²) in [6, 6.07) is 5.74. The first-order valence-corrected chi connectivity index (χ1v) is 7.97. The highest BCUT2D eigenvalue weighted by atomic mass is 16.1. The van der Waals surface area contributed by atoms with Gasteiger partial charge in [-0.2, -0.15) is 5.26 Å². The van der Waals surface area contributed by atoms with Gasteiger partial charge in [0.1, 0.15) is 0 Å². The summed E-state index contributed by atoms with van der Waals surface area (Å²) in [5.41, 5.74) is 2.72. The van der Waals surface area contributed by atoms with Crippen LogP contribution in [0.2, 0.25) is 0 Å². The number of nitrogens with one attached hydrogen (secondary N) is 2. The second kappa shape index (κ2) is 6.82. The van der Waals surface area contributed by atoms with Gasteiger partial charge in [0.15, 0.2) is 12.0 Å². The minimum absolute atomic E-state index is 0.00629. The second-order valence-electron chi connectivity index (χ2n) is 7.03. The van der Waals surface area contributed by atoms with E-state index in [9.17, 15) is 4.79 Å². The van der Waals surface area contributed by atoms with E-state index in [-0.39, 0.29) is 17.2 Å². The number of carbonyl (C=O) groups excluding carboxylic acids is 1. The number of fused-ring (bicyclic) bond motifs is 1. The summed E-state index contributed by atoms with van der Waals surface area (Å²) in [7, 11) is 0. The van der Waals surface area contributed by atoms with Gasteiger partial charge >= 0.3 is 0 Å². The number of guanidine groups is 1. The lowest BCUT2D eigenvalue weighted by atomic mass is 9.88. The van der Waals surface area contributed by atoms with Crippen molar-refractivity contribution in [1.29, 1.82) is 5.26 Å². The molecule has 5 heteroatoms. The molecule has 1 aromatic rings. The van der Waals surface area contributed by atoms with Gasteiger partial charge in [-0.25, -0.2) is 4.99 Å². The topological polar surface area (TPSA) is 77.3 Å². The minimum atomic E-state index is 0.00629. The van der Waals surface area contributed by atoms with Crippen molar-refractivity contribution >= 4 is 17.4 Å². The molecule has 0 bridgehead atoms. The summed E-state index contributed by atoms with van der Waals surface area (Å²) in [4.78, 5) is 16.4. The van der Waals surface area contributed by atoms with Crippen molar-refractivity contribution in [3.63, 3.8) is 0 Å². The summed E-state index contributed by atoms with van der Waals surface area (Å²) >= 11 is 0. The van der Waals surface area contributed by atoms with E-state index in [2.05, 4.69) is 36.4 Å². The van der Waals surface area contributed by atoms with Gasteiger partial charge in [0.2, 0.25) is 5.96 Å². The Hall–Kier alpha value is -2.35. The Kier molecular flexibility index (Phi) is 5.05. The number of benzene rings is 1. The minimum Gasteiger partial charge on any atom is -0.326 e. The Balaban J connectivity index is 2.22. The number of hydrogen-bond donors (Lipinski definition) is 2. The Labute approximate surface area is 137 Å². The van der Waals surface area contributed by atoms with Gasteiger partial charge in [-0.05, 0) is 48.9 Å². The largest absolute Gasteiger partial charge is 0.326 e. The molecule has 122 valence electrons. The van der Waals surface area contributed by atoms with Gasteiger partial charge in [-0.15, -0.1) is 0 Å². The molecule has 1 atom stereocenters. The number of nitrogens with zero attached hydrogens (tertiary/aromatic N) is 2. The summed E-state index contributed by atoms with van der Waals surface area (Å²) in [6.45, 7) is 8.34. The van der Waals surface area contributed by atoms with Gasteiger partial charge < -0.3 is 5.32 Å². The number of nitriles is 1. The van der Waals surface area contributed by atoms with Gasteiger partial charge in [0.05, 0.1) is 6.04 Å². The van der Waals surface area contributed by atoms with Crippen LogP contribution in [0.1, 0.15) is 56.5 Å². The highest BCUT2D eigenvalue weighted by molar-refractivity contribution is 6.00. The number of aryl methyl sites for hydroxylation is 1. The van der Waals surface area contributed by atoms with Crippen LogP contribution in [0.15, 0.2) is 23.2 Å². The molecule has 0 fully saturated rings. The van der Waals surface area contributed by atoms with E-state index >= 15 is 0 Å². The predicted octanol–water partition coefficient (Wildman–Crippen LogP) is 3.48. The number of ketones is 1. The van der Waals surface area contributed by atoms with Crippen LogP contribution in [0.4, 0.5) is 5.69 Å². The van der Waals surface area contributed by atoms with E-state index in [0.29, 0.717) is 12.4 Å². The van der Waals surface area contributed by atoms with E-state index in [1.165, 1.54) is 0 Å². The van der Waals surface area contributed by atoms with Crippen LogP contribution in [-0.4, -0.2) is 17.8 Å². The maximum absolute atomic E-state index is 11.9. The fourth-order valence-electron chi connectivity index (χ4n) is 2.40. The number of rotatable bonds is 2. The molecule has 0 saturated heterocycles. The van der Waals surface area contributed by atoms with Crippen molar-refractivity contribution in [3.05, 3.63) is 29.3 Å². The molecule has 1 aliphatic rings. The number of anilines is 1. The standard InChI is InChI=1S/C18H24N4O/c1-12(18(2,3)4)21-17(20-11-19)22-14-8-9-15-13(10-14)6-5-7-16(15)23/h8-10,12H,5-7H2,1-4H3,(H2,20,21,22). The number of carbonyl (C=O) groups is 1. The van der Waals surface area contributed by atoms with E-state index in [1.807, 2.05) is 31.3 Å². The van der Waals surface area contributed by atoms with Gasteiger partial charge in [-0.3, -0.25) is 10.1 Å². The quantitative estimate of drug-likeness (QED) is 0.379. The number of Topliss-reactive ketones (excluding diaryl/α,β-unsaturated/α-hetero) is 1. The van der Waals surface area contributed by atoms with Gasteiger partial charge in [0.25, 0.3) is 0 Å². The smallest absolute Gasteiger partial charge is 0.209 e. The zero-order valence-electron chi connectivity index (χ0n) is 14.2. The summed E-state index contributed by atoms with van der Waals surface area (Å²) in [5, 5.41) is 14.7. The van der Waals surface area contributed by atoms with Crippen LogP contribution in [0, 0.1) is 16.9 Å². The Morgan fingerprint density at radius 3 is 2.74 bits per heavy atom. The van der Waals surface area contributed by atoms with Crippen molar-refractivity contribution in [2.75, 3.05) is 5.32 Å². The molecule has 23 heavy (non-hydrogen) atoms. The lowest BCUT2D eigenvalue weighted by Gasteiger charge is -2.24. The highest BCUT2D eigenvalue weighted by Gasteiger charge is 2.20. The molecule has 0 radical (unpaired) electrons. The molecule has 0 heterocycles. The normalized spacial score (nSPS) is 16.3. The van der Waals surface area contributed by atoms with Crippen molar-refractivity contribution in [3.8, 4) is 6.19 Å². The Bertz CT molecular complexity index is 665. The first kappa shape index (κ1) is 17.0. The monoisotopic (exact) mass is 312 g/mol. The van der Waals surface area contributed by atoms with Gasteiger partial charge in [0, 0.05) is 17.7 Å². The summed E-state index contributed by atoms with van der Waals surface area (Å²) in [6.07, 6.45) is 4.35. The van der Waals surface area contributed by atoms with E-state index in [1.54, 1.807) is 0 Å². The number of hydrogen-bond acceptors (Lipinski definition) is 3. The Morgan fingerprint density at radius 1 is 1.35 bits per heavy atom. The van der Waals surface area contributed by atoms with Crippen LogP contribution < -0.4 is 10.6 Å². The maximum Gasteiger partial charge on any atom is 0.209 e. The van der Waals surface area contributed by atoms with E-state index < -0.39 is 0 Å². The Morgan fingerprint density at radius 2 is 2.09 bits per heavy atom. The molecule has 5 nitrogen and oxygen atoms in total. The molecule has 0 aliphatic heterocycles. The first-order chi connectivity index (χ1) is 10.8. The van der Waals surface area contributed by atoms with E-state index in [0.717, 1.165) is 29.7 Å². The average Bonchev–Trinajstić information content (AvgIpc) is 2.46. The molecule has 0 saturated carbocycles. The van der Waals surface area contributed by atoms with Crippen molar-refractivity contribution in [2.45, 2.75) is 53.0 Å². The molecule has 1 aliphatic carbocycles. The maximum atomic E-state index is 11.9. The zero-order chi connectivity index (χ0) is 17.0. The molecule has 0 aromatic heterocycles. The SMILES string of the molecule is CC(/N=C(\NC#N)Nc1ccc2c(c1)CCCC2=O)C(C)(C)C. The third kappa shape index (κ3) is 4.32. The molecular weight excluding hydrogens is 288 g/mol. The first-order valence-electron chi connectivity index (χ1n) is 7.97. The number of aliphatic imine (C=N–C) groups is 1. The van der Waals surface area contributed by atoms with Crippen molar-refractivity contribution in [2.24, 2.45) is 10.4 Å². The lowest BCUT2D eigenvalue weighted by molar-refractivity contribution is 0.0972. The third-order valence-corrected chi connectivity index (χ3v) is 4.27. The highest BCUT2D eigenvalue weighted by Crippen LogP contribution is 2.25. The third-order valence-electron chi connectivity index (χ3n) is 4.27. The lowest BCUT2D eigenvalue weighted by Crippen LogP contribution is -2.31. The van der Waals surface area contributed by atoms with Gasteiger partial charge in [-0.1, -0.05) is 20.8 Å². The fourth-order valence-corrected chi connectivity index (χ4v) is 2.40. The van der Waals surface area contributed by atoms with Crippen LogP contribution >= 0.6 is 0 Å². The second-order valence-corrected chi connectivity index (χ2v) is 7.03. The molecular formula is C18H24N4O. The van der Waals surface area contributed by atoms with Crippen LogP contribution in [0.3, 0.4) is 0 Å². The fraction of sp³-hybridized carbons (Fsp3) is 0.500. The molecule has 0 spiro atoms. The molecule has 0 amide bonds. The molecule has 2 rings (SSSR count). The molecule has 1 aromatic carbocycles. The summed E-state index contributed by atoms with van der Waals surface area (Å²) in [5.74, 6) is 0.639. The zero-order valence-corrected chi connectivity index (χ0v) is 14.2. The summed E-state index contributed by atoms with van der Waals surface area (Å²) < 4.78 is 0. The van der Waals surface area contributed by atoms with Crippen LogP contribution in [0.5, 0.6) is 0 Å². The molecule has 2 N–H and O–H groups in total. The molecule has 1 unspecified atom stereocenters.